The Morgan fingerprint density at radius 1 is 0.914 bits per heavy atom. The molecule has 2 saturated heterocycles. The lowest BCUT2D eigenvalue weighted by Crippen LogP contribution is -2.58. The highest BCUT2D eigenvalue weighted by molar-refractivity contribution is 5.97. The molecule has 0 aromatic heterocycles. The van der Waals surface area contributed by atoms with E-state index in [1.54, 1.807) is 11.9 Å². The van der Waals surface area contributed by atoms with Crippen LogP contribution >= 0.6 is 0 Å². The molecule has 0 radical (unpaired) electrons. The van der Waals surface area contributed by atoms with Crippen LogP contribution in [0.15, 0.2) is 48.5 Å². The van der Waals surface area contributed by atoms with Crippen LogP contribution in [-0.2, 0) is 17.1 Å². The summed E-state index contributed by atoms with van der Waals surface area (Å²) in [4.78, 5) is 31.1. The molecule has 4 rings (SSSR count). The van der Waals surface area contributed by atoms with Crippen molar-refractivity contribution < 1.29 is 35.9 Å². The van der Waals surface area contributed by atoms with E-state index in [1.165, 1.54) is 4.90 Å². The number of likely N-dealkylation sites (N-methyl/N-ethyl adjacent to an activating group) is 1. The number of benzene rings is 2. The third-order valence-electron chi connectivity index (χ3n) is 6.86. The molecule has 2 amide bonds. The van der Waals surface area contributed by atoms with Gasteiger partial charge in [-0.2, -0.15) is 26.3 Å². The molecule has 0 aliphatic carbocycles. The van der Waals surface area contributed by atoms with Gasteiger partial charge in [0.1, 0.15) is 11.7 Å². The first kappa shape index (κ1) is 24.9. The number of piperidine rings is 1. The summed E-state index contributed by atoms with van der Waals surface area (Å²) in [7, 11) is 1.68. The van der Waals surface area contributed by atoms with Crippen molar-refractivity contribution in [3.63, 3.8) is 0 Å². The van der Waals surface area contributed by atoms with E-state index < -0.39 is 40.5 Å². The second kappa shape index (κ2) is 8.46. The Balaban J connectivity index is 1.62. The average Bonchev–Trinajstić information content (AvgIpc) is 2.99. The van der Waals surface area contributed by atoms with Crippen molar-refractivity contribution in [2.45, 2.75) is 43.8 Å². The van der Waals surface area contributed by atoms with Crippen LogP contribution in [0.3, 0.4) is 0 Å². The van der Waals surface area contributed by atoms with E-state index in [9.17, 15) is 35.9 Å². The molecule has 0 N–H and O–H groups in total. The van der Waals surface area contributed by atoms with Gasteiger partial charge in [0.05, 0.1) is 11.1 Å². The molecule has 2 aliphatic rings. The van der Waals surface area contributed by atoms with Gasteiger partial charge in [0.15, 0.2) is 0 Å². The van der Waals surface area contributed by atoms with E-state index in [0.29, 0.717) is 12.1 Å². The summed E-state index contributed by atoms with van der Waals surface area (Å²) in [5.74, 6) is -1.08. The van der Waals surface area contributed by atoms with Crippen LogP contribution in [0.25, 0.3) is 0 Å². The highest BCUT2D eigenvalue weighted by atomic mass is 19.4. The van der Waals surface area contributed by atoms with Crippen molar-refractivity contribution >= 4 is 17.5 Å². The van der Waals surface area contributed by atoms with Crippen molar-refractivity contribution in [1.82, 2.24) is 9.80 Å². The number of alkyl halides is 6. The summed E-state index contributed by atoms with van der Waals surface area (Å²) in [5, 5.41) is 0. The fourth-order valence-corrected chi connectivity index (χ4v) is 4.98. The van der Waals surface area contributed by atoms with E-state index in [0.717, 1.165) is 5.69 Å². The predicted molar refractivity (Wildman–Crippen MR) is 115 cm³/mol. The molecule has 188 valence electrons. The first-order valence-corrected chi connectivity index (χ1v) is 11.0. The minimum Gasteiger partial charge on any atom is -0.338 e. The lowest BCUT2D eigenvalue weighted by molar-refractivity contribution is -0.143. The van der Waals surface area contributed by atoms with Gasteiger partial charge in [-0.3, -0.25) is 9.59 Å². The monoisotopic (exact) mass is 499 g/mol. The second-order valence-corrected chi connectivity index (χ2v) is 8.87. The van der Waals surface area contributed by atoms with Gasteiger partial charge in [-0.1, -0.05) is 18.2 Å². The number of carbonyl (C=O) groups is 2. The molecule has 2 heterocycles. The summed E-state index contributed by atoms with van der Waals surface area (Å²) in [5.41, 5.74) is -3.92. The maximum absolute atomic E-state index is 13.3. The number of anilines is 1. The maximum atomic E-state index is 13.3. The Labute approximate surface area is 197 Å². The van der Waals surface area contributed by atoms with Gasteiger partial charge in [0.25, 0.3) is 5.91 Å². The predicted octanol–water partition coefficient (Wildman–Crippen LogP) is 5.02. The number of likely N-dealkylation sites (tertiary alicyclic amines) is 1. The lowest BCUT2D eigenvalue weighted by Gasteiger charge is -2.44. The largest absolute Gasteiger partial charge is 0.416 e. The summed E-state index contributed by atoms with van der Waals surface area (Å²) in [6.45, 7) is 1.89. The zero-order chi connectivity index (χ0) is 25.8. The number of hydrogen-bond donors (Lipinski definition) is 0. The highest BCUT2D eigenvalue weighted by Crippen LogP contribution is 2.42. The van der Waals surface area contributed by atoms with Crippen LogP contribution in [0.1, 0.15) is 41.3 Å². The lowest BCUT2D eigenvalue weighted by atomic mass is 9.85. The SMILES string of the molecule is CC1N(C)C(=O)C2(CCN(C(=O)c3cc(C(F)(F)F)cc(C(F)(F)F)c3)CC2)N1c1ccccc1. The highest BCUT2D eigenvalue weighted by Gasteiger charge is 2.56. The molecule has 2 aromatic carbocycles. The van der Waals surface area contributed by atoms with Crippen LogP contribution < -0.4 is 4.90 Å². The third kappa shape index (κ3) is 4.32. The first-order chi connectivity index (χ1) is 16.3. The Bertz CT molecular complexity index is 1090. The minimum atomic E-state index is -5.05. The number of halogens is 6. The van der Waals surface area contributed by atoms with Gasteiger partial charge in [-0.15, -0.1) is 0 Å². The summed E-state index contributed by atoms with van der Waals surface area (Å²) in [6.07, 6.45) is -9.99. The molecular formula is C24H23F6N3O2. The molecular weight excluding hydrogens is 476 g/mol. The number of hydrogen-bond acceptors (Lipinski definition) is 3. The van der Waals surface area contributed by atoms with Crippen molar-refractivity contribution in [1.29, 1.82) is 0 Å². The van der Waals surface area contributed by atoms with Gasteiger partial charge >= 0.3 is 12.4 Å². The van der Waals surface area contributed by atoms with Crippen molar-refractivity contribution in [3.05, 3.63) is 65.2 Å². The van der Waals surface area contributed by atoms with E-state index >= 15 is 0 Å². The third-order valence-corrected chi connectivity index (χ3v) is 6.86. The molecule has 1 atom stereocenters. The Morgan fingerprint density at radius 3 is 1.91 bits per heavy atom. The van der Waals surface area contributed by atoms with Gasteiger partial charge < -0.3 is 14.7 Å². The molecule has 1 spiro atoms. The standard InChI is InChI=1S/C24H23F6N3O2/c1-15-31(2)21(35)22(33(15)19-6-4-3-5-7-19)8-10-32(11-9-22)20(34)16-12-17(23(25,26)27)14-18(13-16)24(28,29)30/h3-7,12-15H,8-11H2,1-2H3. The topological polar surface area (TPSA) is 43.9 Å². The normalized spacial score (nSPS) is 20.6. The second-order valence-electron chi connectivity index (χ2n) is 8.87. The number of para-hydroxylation sites is 1. The quantitative estimate of drug-likeness (QED) is 0.545. The van der Waals surface area contributed by atoms with Gasteiger partial charge in [0, 0.05) is 31.4 Å². The summed E-state index contributed by atoms with van der Waals surface area (Å²) < 4.78 is 79.3. The zero-order valence-electron chi connectivity index (χ0n) is 19.0. The van der Waals surface area contributed by atoms with Crippen LogP contribution in [0.2, 0.25) is 0 Å². The zero-order valence-corrected chi connectivity index (χ0v) is 19.0. The maximum Gasteiger partial charge on any atom is 0.416 e. The number of rotatable bonds is 2. The van der Waals surface area contributed by atoms with E-state index in [-0.39, 0.29) is 44.1 Å². The van der Waals surface area contributed by atoms with Crippen LogP contribution in [0, 0.1) is 0 Å². The molecule has 1 unspecified atom stereocenters. The van der Waals surface area contributed by atoms with E-state index in [1.807, 2.05) is 42.2 Å². The summed E-state index contributed by atoms with van der Waals surface area (Å²) in [6, 6.07) is 10.1. The Morgan fingerprint density at radius 2 is 1.43 bits per heavy atom. The summed E-state index contributed by atoms with van der Waals surface area (Å²) >= 11 is 0. The molecule has 0 bridgehead atoms. The van der Waals surface area contributed by atoms with Crippen LogP contribution in [-0.4, -0.2) is 53.5 Å². The Kier molecular flexibility index (Phi) is 6.01. The van der Waals surface area contributed by atoms with Crippen LogP contribution in [0.5, 0.6) is 0 Å². The van der Waals surface area contributed by atoms with E-state index in [2.05, 4.69) is 0 Å². The molecule has 11 heteroatoms. The number of nitrogens with zero attached hydrogens (tertiary/aromatic N) is 3. The molecule has 2 aromatic rings. The van der Waals surface area contributed by atoms with Crippen LogP contribution in [0.4, 0.5) is 32.0 Å². The fraction of sp³-hybridized carbons (Fsp3) is 0.417. The minimum absolute atomic E-state index is 0.00582. The van der Waals surface area contributed by atoms with Crippen molar-refractivity contribution in [2.24, 2.45) is 0 Å². The first-order valence-electron chi connectivity index (χ1n) is 11.0. The van der Waals surface area contributed by atoms with Gasteiger partial charge in [-0.05, 0) is 50.1 Å². The molecule has 5 nitrogen and oxygen atoms in total. The van der Waals surface area contributed by atoms with E-state index in [4.69, 9.17) is 0 Å². The van der Waals surface area contributed by atoms with Crippen molar-refractivity contribution in [3.8, 4) is 0 Å². The van der Waals surface area contributed by atoms with Gasteiger partial charge in [0.2, 0.25) is 5.91 Å². The van der Waals surface area contributed by atoms with Crippen molar-refractivity contribution in [2.75, 3.05) is 25.0 Å². The van der Waals surface area contributed by atoms with Gasteiger partial charge in [-0.25, -0.2) is 0 Å². The fourth-order valence-electron chi connectivity index (χ4n) is 4.98. The average molecular weight is 499 g/mol. The molecule has 35 heavy (non-hydrogen) atoms. The number of amides is 2. The molecule has 0 saturated carbocycles. The smallest absolute Gasteiger partial charge is 0.338 e. The molecule has 2 aliphatic heterocycles. The molecule has 2 fully saturated rings. The Hall–Kier alpha value is -3.24. The number of carbonyl (C=O) groups excluding carboxylic acids is 2.